The second kappa shape index (κ2) is 18.9. The fourth-order valence-corrected chi connectivity index (χ4v) is 5.06. The smallest absolute Gasteiger partial charge is 0.182 e. The molecule has 0 bridgehead atoms. The number of pyridine rings is 1. The van der Waals surface area contributed by atoms with Crippen molar-refractivity contribution in [3.8, 4) is 0 Å². The van der Waals surface area contributed by atoms with Crippen LogP contribution in [-0.4, -0.2) is 44.9 Å². The average molecular weight is 705 g/mol. The van der Waals surface area contributed by atoms with Crippen LogP contribution in [0.4, 0.5) is 11.5 Å². The molecular formula is C41H44N12. The summed E-state index contributed by atoms with van der Waals surface area (Å²) in [6, 6.07) is 30.5. The monoisotopic (exact) mass is 704 g/mol. The molecule has 53 heavy (non-hydrogen) atoms. The van der Waals surface area contributed by atoms with E-state index >= 15 is 0 Å². The molecule has 5 aromatic heterocycles. The van der Waals surface area contributed by atoms with E-state index in [1.807, 2.05) is 73.8 Å². The van der Waals surface area contributed by atoms with Gasteiger partial charge in [-0.05, 0) is 74.9 Å². The van der Waals surface area contributed by atoms with Crippen LogP contribution in [0.1, 0.15) is 37.1 Å². The number of H-pyrrole nitrogens is 2. The molecule has 0 spiro atoms. The summed E-state index contributed by atoms with van der Waals surface area (Å²) in [5, 5.41) is 9.10. The Balaban J connectivity index is 0.000000147. The van der Waals surface area contributed by atoms with Crippen molar-refractivity contribution < 1.29 is 0 Å². The number of azo groups is 1. The van der Waals surface area contributed by atoms with Gasteiger partial charge in [0.1, 0.15) is 11.8 Å². The van der Waals surface area contributed by atoms with Gasteiger partial charge in [-0.3, -0.25) is 15.0 Å². The minimum absolute atomic E-state index is 0. The third-order valence-corrected chi connectivity index (χ3v) is 7.62. The number of hydrogen-bond acceptors (Lipinski definition) is 10. The van der Waals surface area contributed by atoms with Crippen molar-refractivity contribution >= 4 is 55.6 Å². The highest BCUT2D eigenvalue weighted by Crippen LogP contribution is 2.26. The van der Waals surface area contributed by atoms with Crippen molar-refractivity contribution in [2.75, 3.05) is 5.73 Å². The molecule has 10 rings (SSSR count). The van der Waals surface area contributed by atoms with Gasteiger partial charge < -0.3 is 15.7 Å². The van der Waals surface area contributed by atoms with Crippen molar-refractivity contribution in [3.63, 3.8) is 0 Å². The predicted octanol–water partition coefficient (Wildman–Crippen LogP) is 9.84. The summed E-state index contributed by atoms with van der Waals surface area (Å²) < 4.78 is 0. The third-order valence-electron chi connectivity index (χ3n) is 7.62. The molecule has 4 aromatic carbocycles. The summed E-state index contributed by atoms with van der Waals surface area (Å²) in [4.78, 5) is 34.0. The van der Waals surface area contributed by atoms with Gasteiger partial charge in [-0.15, -0.1) is 0 Å². The number of rotatable bonds is 0. The Morgan fingerprint density at radius 2 is 1.26 bits per heavy atom. The van der Waals surface area contributed by atoms with E-state index in [1.54, 1.807) is 18.7 Å². The fraction of sp³-hybridized carbons (Fsp3) is 0.146. The van der Waals surface area contributed by atoms with Crippen LogP contribution in [0.15, 0.2) is 139 Å². The highest BCUT2D eigenvalue weighted by molar-refractivity contribution is 5.80. The molecule has 0 aliphatic carbocycles. The zero-order valence-electron chi connectivity index (χ0n) is 28.4. The van der Waals surface area contributed by atoms with Gasteiger partial charge in [0.15, 0.2) is 11.5 Å². The number of nitrogen functional groups attached to an aromatic ring is 1. The third kappa shape index (κ3) is 10.5. The van der Waals surface area contributed by atoms with Gasteiger partial charge in [0, 0.05) is 29.5 Å². The molecule has 4 N–H and O–H groups in total. The molecular weight excluding hydrogens is 661 g/mol. The number of anilines is 1. The summed E-state index contributed by atoms with van der Waals surface area (Å²) in [6.45, 7) is 6.98. The molecule has 0 radical (unpaired) electrons. The van der Waals surface area contributed by atoms with Crippen LogP contribution in [0.5, 0.6) is 0 Å². The van der Waals surface area contributed by atoms with E-state index in [9.17, 15) is 0 Å². The van der Waals surface area contributed by atoms with E-state index < -0.39 is 0 Å². The normalized spacial score (nSPS) is 10.5. The summed E-state index contributed by atoms with van der Waals surface area (Å²) in [7, 11) is 0. The summed E-state index contributed by atoms with van der Waals surface area (Å²) in [6.07, 6.45) is 9.86. The molecule has 0 fully saturated rings. The number of nitrogens with zero attached hydrogens (tertiary/aromatic N) is 9. The lowest BCUT2D eigenvalue weighted by Crippen LogP contribution is -1.91. The van der Waals surface area contributed by atoms with Crippen LogP contribution in [-0.2, 0) is 6.54 Å². The summed E-state index contributed by atoms with van der Waals surface area (Å²) in [5.74, 6) is 0.433. The van der Waals surface area contributed by atoms with Gasteiger partial charge in [0.25, 0.3) is 0 Å². The average Bonchev–Trinajstić information content (AvgIpc) is 3.94. The zero-order valence-corrected chi connectivity index (χ0v) is 28.4. The second-order valence-corrected chi connectivity index (χ2v) is 11.6. The molecule has 0 saturated heterocycles. The molecule has 0 amide bonds. The van der Waals surface area contributed by atoms with E-state index in [-0.39, 0.29) is 14.9 Å². The van der Waals surface area contributed by atoms with E-state index in [2.05, 4.69) is 99.3 Å². The lowest BCUT2D eigenvalue weighted by atomic mass is 10.1. The molecule has 0 saturated carbocycles. The molecule has 6 heterocycles. The van der Waals surface area contributed by atoms with Gasteiger partial charge in [-0.1, -0.05) is 68.4 Å². The first kappa shape index (κ1) is 38.8. The van der Waals surface area contributed by atoms with Crippen LogP contribution < -0.4 is 5.73 Å². The molecule has 12 heteroatoms. The number of aromatic amines is 2. The Labute approximate surface area is 308 Å². The second-order valence-electron chi connectivity index (χ2n) is 11.6. The lowest BCUT2D eigenvalue weighted by molar-refractivity contribution is 1.04. The predicted molar refractivity (Wildman–Crippen MR) is 216 cm³/mol. The van der Waals surface area contributed by atoms with Gasteiger partial charge in [0.05, 0.1) is 52.5 Å². The Kier molecular flexibility index (Phi) is 13.8. The molecule has 268 valence electrons. The zero-order chi connectivity index (χ0) is 35.4. The van der Waals surface area contributed by atoms with E-state index in [0.29, 0.717) is 17.0 Å². The Morgan fingerprint density at radius 3 is 2.08 bits per heavy atom. The standard InChI is InChI=1S/C10H9N.C9H8N2.C8H8N2.C7H6N2.C5H5N5.2CH4/c1-8-4-5-10-9(7-8)3-2-6-11-10;1-7-2-3-8-9(6-7)11-5-4-10-8;1-6-2-3-8-7(4-6)5-9-10-8;1-2-4-7-6(3-1)8-5-9-7;6-4-3-5(9-1-7-3)10-2-8-4;;/h2-7H,1H3;2-6H,1H3;2-4H,5H2,1H3;1-5H,(H,8,9);1-2H,(H3,6,7,8,9,10);2*1H4. The van der Waals surface area contributed by atoms with Crippen molar-refractivity contribution in [2.24, 2.45) is 10.2 Å². The molecule has 1 aliphatic rings. The highest BCUT2D eigenvalue weighted by Gasteiger charge is 2.05. The van der Waals surface area contributed by atoms with Crippen molar-refractivity contribution in [2.45, 2.75) is 42.2 Å². The largest absolute Gasteiger partial charge is 0.382 e. The molecule has 0 unspecified atom stereocenters. The number of nitrogens with two attached hydrogens (primary N) is 1. The number of nitrogens with one attached hydrogen (secondary N) is 2. The summed E-state index contributed by atoms with van der Waals surface area (Å²) >= 11 is 0. The van der Waals surface area contributed by atoms with E-state index in [0.717, 1.165) is 39.8 Å². The Morgan fingerprint density at radius 1 is 0.566 bits per heavy atom. The molecule has 9 aromatic rings. The number of aromatic nitrogens is 9. The van der Waals surface area contributed by atoms with Crippen LogP contribution in [0.2, 0.25) is 0 Å². The maximum absolute atomic E-state index is 5.48. The number of imidazole rings is 2. The van der Waals surface area contributed by atoms with Gasteiger partial charge in [-0.2, -0.15) is 10.2 Å². The lowest BCUT2D eigenvalue weighted by Gasteiger charge is -1.95. The molecule has 12 nitrogen and oxygen atoms in total. The number of benzene rings is 4. The highest BCUT2D eigenvalue weighted by atomic mass is 15.1. The topological polar surface area (TPSA) is 173 Å². The van der Waals surface area contributed by atoms with Crippen molar-refractivity contribution in [1.29, 1.82) is 0 Å². The minimum atomic E-state index is 0. The minimum Gasteiger partial charge on any atom is -0.382 e. The molecule has 1 aliphatic heterocycles. The van der Waals surface area contributed by atoms with E-state index in [4.69, 9.17) is 5.73 Å². The van der Waals surface area contributed by atoms with E-state index in [1.165, 1.54) is 40.3 Å². The van der Waals surface area contributed by atoms with Crippen LogP contribution in [0, 0.1) is 20.8 Å². The van der Waals surface area contributed by atoms with Crippen molar-refractivity contribution in [1.82, 2.24) is 44.9 Å². The number of aryl methyl sites for hydroxylation is 3. The maximum Gasteiger partial charge on any atom is 0.182 e. The van der Waals surface area contributed by atoms with Gasteiger partial charge in [-0.25, -0.2) is 19.9 Å². The van der Waals surface area contributed by atoms with Crippen LogP contribution >= 0.6 is 0 Å². The number of fused-ring (bicyclic) bond motifs is 5. The number of hydrogen-bond donors (Lipinski definition) is 3. The van der Waals surface area contributed by atoms with Gasteiger partial charge in [0.2, 0.25) is 0 Å². The van der Waals surface area contributed by atoms with Crippen LogP contribution in [0.3, 0.4) is 0 Å². The summed E-state index contributed by atoms with van der Waals surface area (Å²) in [5.41, 5.74) is 18.0. The fourth-order valence-electron chi connectivity index (χ4n) is 5.06. The first-order chi connectivity index (χ1) is 24.9. The first-order valence-electron chi connectivity index (χ1n) is 16.2. The SMILES string of the molecule is C.C.Cc1ccc2c(c1)CN=N2.Cc1ccc2ncccc2c1.Cc1ccc2nccnc2c1.Nc1ncnc2nc[nH]c12.c1ccc2[nH]cnc2c1. The molecule has 0 atom stereocenters. The quantitative estimate of drug-likeness (QED) is 0.140. The Hall–Kier alpha value is -6.95. The van der Waals surface area contributed by atoms with Gasteiger partial charge >= 0.3 is 0 Å². The van der Waals surface area contributed by atoms with Crippen LogP contribution in [0.25, 0.3) is 44.1 Å². The number of para-hydroxylation sites is 2. The maximum atomic E-state index is 5.48. The Bertz CT molecular complexity index is 2430. The first-order valence-corrected chi connectivity index (χ1v) is 16.2. The van der Waals surface area contributed by atoms with Crippen molar-refractivity contribution in [3.05, 3.63) is 151 Å².